The molecule has 0 bridgehead atoms. The Hall–Kier alpha value is -0.0800. The molecule has 0 radical (unpaired) electrons. The van der Waals surface area contributed by atoms with E-state index in [2.05, 4.69) is 38.0 Å². The molecule has 0 aliphatic heterocycles. The highest BCUT2D eigenvalue weighted by Gasteiger charge is 2.24. The van der Waals surface area contributed by atoms with Gasteiger partial charge in [0.05, 0.1) is 0 Å². The number of nitrogens with one attached hydrogen (secondary N) is 1. The van der Waals surface area contributed by atoms with Crippen LogP contribution in [0.25, 0.3) is 0 Å². The molecule has 1 aliphatic rings. The SMILES string of the molecule is CCCNC(C)CCCN(C)C1CCCCC1C. The van der Waals surface area contributed by atoms with E-state index in [1.807, 2.05) is 0 Å². The average molecular weight is 254 g/mol. The molecule has 2 nitrogen and oxygen atoms in total. The normalized spacial score (nSPS) is 26.5. The second-order valence-corrected chi connectivity index (χ2v) is 6.31. The maximum Gasteiger partial charge on any atom is 0.0118 e. The van der Waals surface area contributed by atoms with Crippen LogP contribution in [0.1, 0.15) is 65.7 Å². The molecule has 1 rings (SSSR count). The minimum absolute atomic E-state index is 0.683. The van der Waals surface area contributed by atoms with Crippen LogP contribution >= 0.6 is 0 Å². The monoisotopic (exact) mass is 254 g/mol. The molecular weight excluding hydrogens is 220 g/mol. The van der Waals surface area contributed by atoms with E-state index in [9.17, 15) is 0 Å². The second-order valence-electron chi connectivity index (χ2n) is 6.31. The van der Waals surface area contributed by atoms with Gasteiger partial charge < -0.3 is 10.2 Å². The molecule has 1 fully saturated rings. The van der Waals surface area contributed by atoms with Gasteiger partial charge in [0, 0.05) is 12.1 Å². The van der Waals surface area contributed by atoms with Crippen LogP contribution in [-0.2, 0) is 0 Å². The predicted molar refractivity (Wildman–Crippen MR) is 81.0 cm³/mol. The van der Waals surface area contributed by atoms with Crippen LogP contribution in [0.5, 0.6) is 0 Å². The van der Waals surface area contributed by atoms with E-state index in [4.69, 9.17) is 0 Å². The van der Waals surface area contributed by atoms with Crippen LogP contribution < -0.4 is 5.32 Å². The Morgan fingerprint density at radius 2 is 2.00 bits per heavy atom. The number of hydrogen-bond acceptors (Lipinski definition) is 2. The lowest BCUT2D eigenvalue weighted by molar-refractivity contribution is 0.136. The zero-order valence-corrected chi connectivity index (χ0v) is 13.0. The number of hydrogen-bond donors (Lipinski definition) is 1. The van der Waals surface area contributed by atoms with Crippen LogP contribution in [0.4, 0.5) is 0 Å². The van der Waals surface area contributed by atoms with Gasteiger partial charge in [-0.15, -0.1) is 0 Å². The summed E-state index contributed by atoms with van der Waals surface area (Å²) in [7, 11) is 2.33. The summed E-state index contributed by atoms with van der Waals surface area (Å²) in [5.74, 6) is 0.902. The molecule has 0 saturated heterocycles. The minimum Gasteiger partial charge on any atom is -0.314 e. The van der Waals surface area contributed by atoms with Crippen molar-refractivity contribution in [2.45, 2.75) is 77.8 Å². The summed E-state index contributed by atoms with van der Waals surface area (Å²) in [6.07, 6.45) is 9.62. The van der Waals surface area contributed by atoms with E-state index >= 15 is 0 Å². The van der Waals surface area contributed by atoms with Crippen molar-refractivity contribution in [3.8, 4) is 0 Å². The van der Waals surface area contributed by atoms with E-state index in [0.29, 0.717) is 6.04 Å². The maximum atomic E-state index is 3.58. The highest BCUT2D eigenvalue weighted by Crippen LogP contribution is 2.27. The third-order valence-corrected chi connectivity index (χ3v) is 4.52. The van der Waals surface area contributed by atoms with Crippen LogP contribution in [0.2, 0.25) is 0 Å². The van der Waals surface area contributed by atoms with Crippen LogP contribution in [-0.4, -0.2) is 37.1 Å². The molecule has 108 valence electrons. The molecule has 2 heteroatoms. The van der Waals surface area contributed by atoms with Crippen molar-refractivity contribution in [1.82, 2.24) is 10.2 Å². The first-order valence-electron chi connectivity index (χ1n) is 8.08. The van der Waals surface area contributed by atoms with Crippen molar-refractivity contribution in [1.29, 1.82) is 0 Å². The number of rotatable bonds is 8. The quantitative estimate of drug-likeness (QED) is 0.711. The van der Waals surface area contributed by atoms with Crippen molar-refractivity contribution in [3.05, 3.63) is 0 Å². The van der Waals surface area contributed by atoms with E-state index in [-0.39, 0.29) is 0 Å². The van der Waals surface area contributed by atoms with E-state index in [1.54, 1.807) is 0 Å². The van der Waals surface area contributed by atoms with Crippen molar-refractivity contribution in [2.75, 3.05) is 20.1 Å². The van der Waals surface area contributed by atoms with E-state index < -0.39 is 0 Å². The lowest BCUT2D eigenvalue weighted by Gasteiger charge is -2.36. The Balaban J connectivity index is 2.14. The van der Waals surface area contributed by atoms with Gasteiger partial charge in [0.2, 0.25) is 0 Å². The molecule has 1 N–H and O–H groups in total. The Kier molecular flexibility index (Phi) is 7.92. The van der Waals surface area contributed by atoms with Crippen LogP contribution in [0.3, 0.4) is 0 Å². The molecule has 0 aromatic rings. The molecule has 0 aromatic carbocycles. The smallest absolute Gasteiger partial charge is 0.0118 e. The first-order chi connectivity index (χ1) is 8.65. The summed E-state index contributed by atoms with van der Waals surface area (Å²) in [6, 6.07) is 1.53. The fraction of sp³-hybridized carbons (Fsp3) is 1.00. The molecule has 3 unspecified atom stereocenters. The summed E-state index contributed by atoms with van der Waals surface area (Å²) < 4.78 is 0. The molecule has 0 spiro atoms. The Labute approximate surface area is 115 Å². The van der Waals surface area contributed by atoms with Gasteiger partial charge in [-0.05, 0) is 65.1 Å². The topological polar surface area (TPSA) is 15.3 Å². The highest BCUT2D eigenvalue weighted by molar-refractivity contribution is 4.79. The predicted octanol–water partition coefficient (Wildman–Crippen LogP) is 3.67. The summed E-state index contributed by atoms with van der Waals surface area (Å²) in [5.41, 5.74) is 0. The third kappa shape index (κ3) is 5.71. The molecule has 0 amide bonds. The first-order valence-corrected chi connectivity index (χ1v) is 8.08. The molecule has 3 atom stereocenters. The molecule has 18 heavy (non-hydrogen) atoms. The summed E-state index contributed by atoms with van der Waals surface area (Å²) in [4.78, 5) is 2.62. The molecule has 1 aliphatic carbocycles. The standard InChI is InChI=1S/C16H34N2/c1-5-12-17-15(3)10-8-13-18(4)16-11-7-6-9-14(16)2/h14-17H,5-13H2,1-4H3. The van der Waals surface area contributed by atoms with Gasteiger partial charge in [0.1, 0.15) is 0 Å². The minimum atomic E-state index is 0.683. The second kappa shape index (κ2) is 8.92. The Bertz CT molecular complexity index is 205. The van der Waals surface area contributed by atoms with Crippen molar-refractivity contribution < 1.29 is 0 Å². The molecule has 1 saturated carbocycles. The van der Waals surface area contributed by atoms with E-state index in [1.165, 1.54) is 51.5 Å². The molecule has 0 aromatic heterocycles. The Morgan fingerprint density at radius 3 is 2.67 bits per heavy atom. The zero-order valence-electron chi connectivity index (χ0n) is 13.0. The zero-order chi connectivity index (χ0) is 13.4. The van der Waals surface area contributed by atoms with Crippen molar-refractivity contribution >= 4 is 0 Å². The van der Waals surface area contributed by atoms with Gasteiger partial charge in [-0.3, -0.25) is 0 Å². The van der Waals surface area contributed by atoms with Crippen molar-refractivity contribution in [3.63, 3.8) is 0 Å². The fourth-order valence-electron chi connectivity index (χ4n) is 3.26. The molecular formula is C16H34N2. The van der Waals surface area contributed by atoms with Gasteiger partial charge in [-0.2, -0.15) is 0 Å². The molecule has 0 heterocycles. The van der Waals surface area contributed by atoms with Gasteiger partial charge in [-0.25, -0.2) is 0 Å². The lowest BCUT2D eigenvalue weighted by atomic mass is 9.85. The van der Waals surface area contributed by atoms with Crippen LogP contribution in [0, 0.1) is 5.92 Å². The average Bonchev–Trinajstić information content (AvgIpc) is 2.36. The summed E-state index contributed by atoms with van der Waals surface area (Å²) in [5, 5.41) is 3.58. The third-order valence-electron chi connectivity index (χ3n) is 4.52. The maximum absolute atomic E-state index is 3.58. The van der Waals surface area contributed by atoms with Crippen molar-refractivity contribution in [2.24, 2.45) is 5.92 Å². The van der Waals surface area contributed by atoms with E-state index in [0.717, 1.165) is 18.5 Å². The largest absolute Gasteiger partial charge is 0.314 e. The first kappa shape index (κ1) is 16.0. The van der Waals surface area contributed by atoms with Gasteiger partial charge in [0.15, 0.2) is 0 Å². The highest BCUT2D eigenvalue weighted by atomic mass is 15.1. The lowest BCUT2D eigenvalue weighted by Crippen LogP contribution is -2.39. The fourth-order valence-corrected chi connectivity index (χ4v) is 3.26. The number of nitrogens with zero attached hydrogens (tertiary/aromatic N) is 1. The summed E-state index contributed by atoms with van der Waals surface area (Å²) >= 11 is 0. The van der Waals surface area contributed by atoms with Gasteiger partial charge >= 0.3 is 0 Å². The summed E-state index contributed by atoms with van der Waals surface area (Å²) in [6.45, 7) is 9.42. The Morgan fingerprint density at radius 1 is 1.28 bits per heavy atom. The van der Waals surface area contributed by atoms with Gasteiger partial charge in [0.25, 0.3) is 0 Å². The van der Waals surface area contributed by atoms with Gasteiger partial charge in [-0.1, -0.05) is 26.7 Å². The van der Waals surface area contributed by atoms with Crippen LogP contribution in [0.15, 0.2) is 0 Å².